The van der Waals surface area contributed by atoms with Gasteiger partial charge >= 0.3 is 18.1 Å². The molecule has 0 aromatic heterocycles. The van der Waals surface area contributed by atoms with Crippen LogP contribution < -0.4 is 5.73 Å². The van der Waals surface area contributed by atoms with Crippen molar-refractivity contribution in [1.82, 2.24) is 0 Å². The van der Waals surface area contributed by atoms with Gasteiger partial charge in [0.25, 0.3) is 0 Å². The molecule has 1 atom stereocenters. The van der Waals surface area contributed by atoms with Crippen molar-refractivity contribution in [3.8, 4) is 0 Å². The fourth-order valence-electron chi connectivity index (χ4n) is 1.51. The minimum absolute atomic E-state index is 0. The van der Waals surface area contributed by atoms with Crippen LogP contribution in [0.15, 0.2) is 18.2 Å². The predicted octanol–water partition coefficient (Wildman–Crippen LogP) is 3.46. The van der Waals surface area contributed by atoms with E-state index in [4.69, 9.17) is 5.73 Å². The van der Waals surface area contributed by atoms with Gasteiger partial charge in [-0.05, 0) is 25.1 Å². The van der Waals surface area contributed by atoms with Gasteiger partial charge in [0.1, 0.15) is 11.9 Å². The number of rotatable bonds is 4. The first-order valence-corrected chi connectivity index (χ1v) is 5.69. The molecule has 22 heavy (non-hydrogen) atoms. The zero-order valence-electron chi connectivity index (χ0n) is 11.1. The first kappa shape index (κ1) is 20.5. The molecule has 0 unspecified atom stereocenters. The van der Waals surface area contributed by atoms with Crippen LogP contribution in [0.25, 0.3) is 0 Å². The molecule has 0 spiro atoms. The number of ether oxygens (including phenoxy) is 1. The van der Waals surface area contributed by atoms with Gasteiger partial charge in [0.15, 0.2) is 0 Å². The van der Waals surface area contributed by atoms with Gasteiger partial charge in [-0.3, -0.25) is 0 Å². The number of carbonyl (C=O) groups excluding carboxylic acids is 1. The molecule has 0 saturated carbocycles. The molecule has 0 amide bonds. The molecule has 0 bridgehead atoms. The minimum atomic E-state index is -4.86. The highest BCUT2D eigenvalue weighted by Crippen LogP contribution is 2.36. The Hall–Kier alpha value is -1.48. The Balaban J connectivity index is 0.00000441. The second kappa shape index (κ2) is 7.19. The molecule has 10 heteroatoms. The van der Waals surface area contributed by atoms with E-state index in [1.165, 1.54) is 6.92 Å². The topological polar surface area (TPSA) is 52.3 Å². The Morgan fingerprint density at radius 3 is 2.27 bits per heavy atom. The molecule has 1 aromatic rings. The summed E-state index contributed by atoms with van der Waals surface area (Å²) in [4.78, 5) is 11.1. The smallest absolute Gasteiger partial charge is 0.416 e. The molecular formula is C12H12ClF6NO2. The van der Waals surface area contributed by atoms with E-state index >= 15 is 0 Å². The lowest BCUT2D eigenvalue weighted by Crippen LogP contribution is -2.42. The third kappa shape index (κ3) is 4.26. The van der Waals surface area contributed by atoms with Crippen molar-refractivity contribution in [1.29, 1.82) is 0 Å². The van der Waals surface area contributed by atoms with Crippen molar-refractivity contribution >= 4 is 18.4 Å². The van der Waals surface area contributed by atoms with Gasteiger partial charge in [0.05, 0.1) is 12.2 Å². The van der Waals surface area contributed by atoms with E-state index in [0.717, 1.165) is 0 Å². The van der Waals surface area contributed by atoms with Gasteiger partial charge in [-0.25, -0.2) is 9.18 Å². The van der Waals surface area contributed by atoms with Crippen molar-refractivity contribution in [3.63, 3.8) is 0 Å². The lowest BCUT2D eigenvalue weighted by Gasteiger charge is -2.23. The summed E-state index contributed by atoms with van der Waals surface area (Å²) in [6.45, 7) is 0.872. The van der Waals surface area contributed by atoms with Crippen LogP contribution in [0.4, 0.5) is 26.3 Å². The first-order chi connectivity index (χ1) is 9.51. The monoisotopic (exact) mass is 351 g/mol. The summed E-state index contributed by atoms with van der Waals surface area (Å²) in [6.07, 6.45) is -4.86. The third-order valence-corrected chi connectivity index (χ3v) is 2.60. The van der Waals surface area contributed by atoms with Crippen LogP contribution in [0.2, 0.25) is 0 Å². The summed E-state index contributed by atoms with van der Waals surface area (Å²) in [6, 6.07) is -1.71. The average Bonchev–Trinajstić information content (AvgIpc) is 2.37. The summed E-state index contributed by atoms with van der Waals surface area (Å²) in [7, 11) is 0. The molecule has 0 aliphatic carbocycles. The van der Waals surface area contributed by atoms with Crippen LogP contribution in [0, 0.1) is 5.82 Å². The van der Waals surface area contributed by atoms with E-state index in [2.05, 4.69) is 4.74 Å². The molecule has 0 radical (unpaired) electrons. The van der Waals surface area contributed by atoms with E-state index in [0.29, 0.717) is 12.1 Å². The molecular weight excluding hydrogens is 340 g/mol. The first-order valence-electron chi connectivity index (χ1n) is 5.69. The largest absolute Gasteiger partial charge is 0.462 e. The number of carbonyl (C=O) groups is 1. The highest BCUT2D eigenvalue weighted by molar-refractivity contribution is 5.85. The molecule has 0 fully saturated rings. The Labute approximate surface area is 127 Å². The fourth-order valence-corrected chi connectivity index (χ4v) is 1.51. The summed E-state index contributed by atoms with van der Waals surface area (Å²) in [5, 5.41) is 0. The summed E-state index contributed by atoms with van der Waals surface area (Å²) in [5.74, 6) is -7.77. The van der Waals surface area contributed by atoms with E-state index in [1.807, 2.05) is 0 Å². The van der Waals surface area contributed by atoms with Crippen molar-refractivity contribution in [2.24, 2.45) is 5.73 Å². The second-order valence-corrected chi connectivity index (χ2v) is 4.06. The van der Waals surface area contributed by atoms with Crippen molar-refractivity contribution in [3.05, 3.63) is 35.1 Å². The predicted molar refractivity (Wildman–Crippen MR) is 67.2 cm³/mol. The quantitative estimate of drug-likeness (QED) is 0.667. The zero-order chi connectivity index (χ0) is 16.4. The van der Waals surface area contributed by atoms with Gasteiger partial charge in [-0.1, -0.05) is 0 Å². The molecule has 0 aliphatic heterocycles. The maximum absolute atomic E-state index is 13.6. The molecule has 1 aromatic carbocycles. The summed E-state index contributed by atoms with van der Waals surface area (Å²) in [5.41, 5.74) is 2.58. The normalized spacial score (nSPS) is 13.3. The highest BCUT2D eigenvalue weighted by Gasteiger charge is 2.49. The molecule has 126 valence electrons. The van der Waals surface area contributed by atoms with Crippen molar-refractivity contribution < 1.29 is 35.9 Å². The SMILES string of the molecule is CCOC(=O)C(F)(F)[C@@H](N)c1cc(C(F)(F)F)ccc1F.Cl. The Morgan fingerprint density at radius 1 is 1.27 bits per heavy atom. The number of nitrogens with two attached hydrogens (primary N) is 1. The number of benzene rings is 1. The molecule has 2 N–H and O–H groups in total. The average molecular weight is 352 g/mol. The van der Waals surface area contributed by atoms with Gasteiger partial charge in [-0.15, -0.1) is 12.4 Å². The van der Waals surface area contributed by atoms with Crippen LogP contribution in [-0.4, -0.2) is 18.5 Å². The second-order valence-electron chi connectivity index (χ2n) is 4.06. The number of hydrogen-bond donors (Lipinski definition) is 1. The molecule has 0 aliphatic rings. The number of hydrogen-bond acceptors (Lipinski definition) is 3. The van der Waals surface area contributed by atoms with Crippen LogP contribution in [-0.2, 0) is 15.7 Å². The van der Waals surface area contributed by atoms with E-state index in [1.54, 1.807) is 0 Å². The Morgan fingerprint density at radius 2 is 1.82 bits per heavy atom. The molecule has 1 rings (SSSR count). The highest BCUT2D eigenvalue weighted by atomic mass is 35.5. The van der Waals surface area contributed by atoms with Crippen LogP contribution in [0.1, 0.15) is 24.1 Å². The van der Waals surface area contributed by atoms with Gasteiger partial charge in [0.2, 0.25) is 0 Å². The third-order valence-electron chi connectivity index (χ3n) is 2.60. The Bertz CT molecular complexity index is 535. The maximum Gasteiger partial charge on any atom is 0.416 e. The Kier molecular flexibility index (Phi) is 6.70. The van der Waals surface area contributed by atoms with Crippen LogP contribution >= 0.6 is 12.4 Å². The van der Waals surface area contributed by atoms with E-state index < -0.39 is 41.1 Å². The molecule has 0 saturated heterocycles. The minimum Gasteiger partial charge on any atom is -0.462 e. The standard InChI is InChI=1S/C12H11F6NO2.ClH/c1-2-21-10(20)11(14,15)9(19)7-5-6(12(16,17)18)3-4-8(7)13;/h3-5,9H,2,19H2,1H3;1H/t9-;/m0./s1. The number of esters is 1. The van der Waals surface area contributed by atoms with Gasteiger partial charge in [0, 0.05) is 5.56 Å². The zero-order valence-corrected chi connectivity index (χ0v) is 11.9. The lowest BCUT2D eigenvalue weighted by molar-refractivity contribution is -0.174. The van der Waals surface area contributed by atoms with Crippen LogP contribution in [0.3, 0.4) is 0 Å². The molecule has 3 nitrogen and oxygen atoms in total. The van der Waals surface area contributed by atoms with E-state index in [-0.39, 0.29) is 25.1 Å². The van der Waals surface area contributed by atoms with E-state index in [9.17, 15) is 31.1 Å². The van der Waals surface area contributed by atoms with Crippen molar-refractivity contribution in [2.75, 3.05) is 6.61 Å². The molecule has 0 heterocycles. The lowest BCUT2D eigenvalue weighted by atomic mass is 9.98. The number of alkyl halides is 5. The maximum atomic E-state index is 13.6. The number of halogens is 7. The van der Waals surface area contributed by atoms with Gasteiger partial charge in [-0.2, -0.15) is 22.0 Å². The fraction of sp³-hybridized carbons (Fsp3) is 0.417. The summed E-state index contributed by atoms with van der Waals surface area (Å²) >= 11 is 0. The van der Waals surface area contributed by atoms with Gasteiger partial charge < -0.3 is 10.5 Å². The van der Waals surface area contributed by atoms with Crippen molar-refractivity contribution in [2.45, 2.75) is 25.1 Å². The van der Waals surface area contributed by atoms with Crippen LogP contribution in [0.5, 0.6) is 0 Å². The summed E-state index contributed by atoms with van der Waals surface area (Å²) < 4.78 is 82.3.